The smallest absolute Gasteiger partial charge is 0.262 e. The van der Waals surface area contributed by atoms with Crippen LogP contribution >= 0.6 is 11.5 Å². The van der Waals surface area contributed by atoms with Gasteiger partial charge in [-0.05, 0) is 35.8 Å². The lowest BCUT2D eigenvalue weighted by atomic mass is 10.1. The van der Waals surface area contributed by atoms with Crippen molar-refractivity contribution >= 4 is 28.8 Å². The molecule has 5 rings (SSSR count). The molecule has 1 atom stereocenters. The number of para-hydroxylation sites is 1. The summed E-state index contributed by atoms with van der Waals surface area (Å²) in [6.07, 6.45) is -0.443. The van der Waals surface area contributed by atoms with Crippen molar-refractivity contribution in [2.75, 3.05) is 17.0 Å². The van der Waals surface area contributed by atoms with Gasteiger partial charge in [-0.2, -0.15) is 0 Å². The molecular formula is C17H12N4O3S. The van der Waals surface area contributed by atoms with Crippen LogP contribution in [-0.2, 0) is 0 Å². The Morgan fingerprint density at radius 1 is 1.16 bits per heavy atom. The normalized spacial score (nSPS) is 18.0. The second-order valence-electron chi connectivity index (χ2n) is 5.63. The molecule has 1 aromatic heterocycles. The summed E-state index contributed by atoms with van der Waals surface area (Å²) < 4.78 is 14.7. The summed E-state index contributed by atoms with van der Waals surface area (Å²) >= 11 is 1.25. The van der Waals surface area contributed by atoms with E-state index in [2.05, 4.69) is 14.9 Å². The van der Waals surface area contributed by atoms with Crippen LogP contribution in [0.4, 0.5) is 11.4 Å². The highest BCUT2D eigenvalue weighted by Gasteiger charge is 2.36. The topological polar surface area (TPSA) is 76.6 Å². The number of nitrogens with zero attached hydrogens (tertiary/aromatic N) is 3. The molecule has 0 fully saturated rings. The van der Waals surface area contributed by atoms with Crippen molar-refractivity contribution in [1.82, 2.24) is 9.59 Å². The number of aromatic nitrogens is 2. The highest BCUT2D eigenvalue weighted by molar-refractivity contribution is 7.03. The lowest BCUT2D eigenvalue weighted by Gasteiger charge is -2.36. The van der Waals surface area contributed by atoms with E-state index in [-0.39, 0.29) is 12.7 Å². The van der Waals surface area contributed by atoms with Crippen LogP contribution in [0.1, 0.15) is 22.2 Å². The fraction of sp³-hybridized carbons (Fsp3) is 0.118. The molecule has 124 valence electrons. The largest absolute Gasteiger partial charge is 0.454 e. The Kier molecular flexibility index (Phi) is 3.10. The number of anilines is 2. The number of benzene rings is 2. The van der Waals surface area contributed by atoms with Crippen molar-refractivity contribution in [3.05, 3.63) is 59.1 Å². The van der Waals surface area contributed by atoms with Gasteiger partial charge in [-0.25, -0.2) is 0 Å². The maximum absolute atomic E-state index is 13.2. The first kappa shape index (κ1) is 14.2. The number of nitrogens with one attached hydrogen (secondary N) is 1. The summed E-state index contributed by atoms with van der Waals surface area (Å²) in [4.78, 5) is 14.9. The first-order valence-electron chi connectivity index (χ1n) is 7.67. The number of rotatable bonds is 2. The second-order valence-corrected chi connectivity index (χ2v) is 6.24. The van der Waals surface area contributed by atoms with Crippen molar-refractivity contribution in [2.24, 2.45) is 0 Å². The van der Waals surface area contributed by atoms with E-state index in [0.29, 0.717) is 28.4 Å². The Balaban J connectivity index is 1.65. The zero-order valence-electron chi connectivity index (χ0n) is 12.9. The number of carbonyl (C=O) groups is 1. The zero-order chi connectivity index (χ0) is 16.8. The Hall–Kier alpha value is -3.13. The van der Waals surface area contributed by atoms with Gasteiger partial charge in [0.05, 0.1) is 11.3 Å². The summed E-state index contributed by atoms with van der Waals surface area (Å²) in [5, 5.41) is 9.37. The van der Waals surface area contributed by atoms with E-state index in [9.17, 15) is 4.79 Å². The molecule has 1 N–H and O–H groups in total. The standard InChI is InChI=1S/C17H12N4O3S/c22-17-11-3-1-2-4-12(11)18-16(13-8-25-20-19-13)21(17)10-5-6-14-15(7-10)24-9-23-14/h1-8,16,18H,9H2/t16-/m1/s1. The minimum absolute atomic E-state index is 0.105. The van der Waals surface area contributed by atoms with Gasteiger partial charge in [0.1, 0.15) is 5.69 Å². The van der Waals surface area contributed by atoms with Crippen molar-refractivity contribution in [3.8, 4) is 11.5 Å². The van der Waals surface area contributed by atoms with Gasteiger partial charge in [-0.3, -0.25) is 9.69 Å². The van der Waals surface area contributed by atoms with Gasteiger partial charge in [0.15, 0.2) is 17.7 Å². The fourth-order valence-electron chi connectivity index (χ4n) is 3.05. The van der Waals surface area contributed by atoms with Gasteiger partial charge >= 0.3 is 0 Å². The van der Waals surface area contributed by atoms with E-state index in [1.54, 1.807) is 11.0 Å². The van der Waals surface area contributed by atoms with Crippen LogP contribution in [-0.4, -0.2) is 22.3 Å². The van der Waals surface area contributed by atoms with Crippen LogP contribution in [0, 0.1) is 0 Å². The quantitative estimate of drug-likeness (QED) is 0.764. The van der Waals surface area contributed by atoms with Crippen molar-refractivity contribution < 1.29 is 14.3 Å². The molecule has 0 saturated heterocycles. The third kappa shape index (κ3) is 2.22. The van der Waals surface area contributed by atoms with Crippen molar-refractivity contribution in [2.45, 2.75) is 6.17 Å². The molecule has 0 bridgehead atoms. The van der Waals surface area contributed by atoms with E-state index >= 15 is 0 Å². The molecular weight excluding hydrogens is 340 g/mol. The molecule has 2 aliphatic rings. The monoisotopic (exact) mass is 352 g/mol. The van der Waals surface area contributed by atoms with E-state index in [1.807, 2.05) is 41.8 Å². The van der Waals surface area contributed by atoms with Crippen LogP contribution < -0.4 is 19.7 Å². The second kappa shape index (κ2) is 5.45. The summed E-state index contributed by atoms with van der Waals surface area (Å²) in [7, 11) is 0. The fourth-order valence-corrected chi connectivity index (χ4v) is 3.53. The van der Waals surface area contributed by atoms with Crippen LogP contribution in [0.15, 0.2) is 47.8 Å². The number of fused-ring (bicyclic) bond motifs is 2. The van der Waals surface area contributed by atoms with Crippen LogP contribution in [0.2, 0.25) is 0 Å². The summed E-state index contributed by atoms with van der Waals surface area (Å²) in [5.41, 5.74) is 2.78. The molecule has 2 aromatic carbocycles. The molecule has 0 radical (unpaired) electrons. The van der Waals surface area contributed by atoms with Gasteiger partial charge < -0.3 is 14.8 Å². The van der Waals surface area contributed by atoms with E-state index < -0.39 is 6.17 Å². The Morgan fingerprint density at radius 2 is 2.04 bits per heavy atom. The van der Waals surface area contributed by atoms with Gasteiger partial charge in [-0.1, -0.05) is 16.6 Å². The predicted octanol–water partition coefficient (Wildman–Crippen LogP) is 3.04. The highest BCUT2D eigenvalue weighted by atomic mass is 32.1. The third-order valence-corrected chi connectivity index (χ3v) is 4.74. The number of amides is 1. The summed E-state index contributed by atoms with van der Waals surface area (Å²) in [6, 6.07) is 12.9. The lowest BCUT2D eigenvalue weighted by molar-refractivity contribution is 0.0974. The average molecular weight is 352 g/mol. The molecule has 2 aliphatic heterocycles. The maximum Gasteiger partial charge on any atom is 0.262 e. The zero-order valence-corrected chi connectivity index (χ0v) is 13.7. The van der Waals surface area contributed by atoms with Crippen molar-refractivity contribution in [1.29, 1.82) is 0 Å². The van der Waals surface area contributed by atoms with Gasteiger partial charge in [0, 0.05) is 17.1 Å². The number of hydrogen-bond acceptors (Lipinski definition) is 7. The molecule has 25 heavy (non-hydrogen) atoms. The summed E-state index contributed by atoms with van der Waals surface area (Å²) in [5.74, 6) is 1.19. The molecule has 0 aliphatic carbocycles. The van der Waals surface area contributed by atoms with Crippen LogP contribution in [0.3, 0.4) is 0 Å². The minimum atomic E-state index is -0.443. The lowest BCUT2D eigenvalue weighted by Crippen LogP contribution is -2.43. The Bertz CT molecular complexity index is 960. The van der Waals surface area contributed by atoms with E-state index in [4.69, 9.17) is 9.47 Å². The number of hydrogen-bond donors (Lipinski definition) is 1. The number of ether oxygens (including phenoxy) is 2. The van der Waals surface area contributed by atoms with E-state index in [0.717, 1.165) is 5.69 Å². The molecule has 0 saturated carbocycles. The molecule has 7 nitrogen and oxygen atoms in total. The molecule has 3 aromatic rings. The SMILES string of the molecule is O=C1c2ccccc2N[C@@H](c2csnn2)N1c1ccc2c(c1)OCO2. The highest BCUT2D eigenvalue weighted by Crippen LogP contribution is 2.40. The van der Waals surface area contributed by atoms with Gasteiger partial charge in [0.25, 0.3) is 5.91 Å². The van der Waals surface area contributed by atoms with Crippen molar-refractivity contribution in [3.63, 3.8) is 0 Å². The molecule has 8 heteroatoms. The van der Waals surface area contributed by atoms with Gasteiger partial charge in [-0.15, -0.1) is 5.10 Å². The van der Waals surface area contributed by atoms with E-state index in [1.165, 1.54) is 11.5 Å². The van der Waals surface area contributed by atoms with Crippen LogP contribution in [0.25, 0.3) is 0 Å². The van der Waals surface area contributed by atoms with Gasteiger partial charge in [0.2, 0.25) is 6.79 Å². The molecule has 0 spiro atoms. The predicted molar refractivity (Wildman–Crippen MR) is 92.1 cm³/mol. The Morgan fingerprint density at radius 3 is 2.92 bits per heavy atom. The third-order valence-electron chi connectivity index (χ3n) is 4.22. The molecule has 3 heterocycles. The number of carbonyl (C=O) groups excluding carboxylic acids is 1. The first-order chi connectivity index (χ1) is 12.3. The Labute approximate surface area is 147 Å². The minimum Gasteiger partial charge on any atom is -0.454 e. The maximum atomic E-state index is 13.2. The first-order valence-corrected chi connectivity index (χ1v) is 8.50. The van der Waals surface area contributed by atoms with Crippen LogP contribution in [0.5, 0.6) is 11.5 Å². The molecule has 0 unspecified atom stereocenters. The molecule has 1 amide bonds. The average Bonchev–Trinajstić information content (AvgIpc) is 3.33. The summed E-state index contributed by atoms with van der Waals surface area (Å²) in [6.45, 7) is 0.188.